The third kappa shape index (κ3) is 4.07. The van der Waals surface area contributed by atoms with Gasteiger partial charge in [0.15, 0.2) is 0 Å². The zero-order valence-electron chi connectivity index (χ0n) is 10.9. The monoisotopic (exact) mass is 436 g/mol. The molecule has 0 bridgehead atoms. The smallest absolute Gasteiger partial charge is 0.418 e. The van der Waals surface area contributed by atoms with Gasteiger partial charge in [0, 0.05) is 0 Å². The highest BCUT2D eigenvalue weighted by Gasteiger charge is 2.33. The zero-order chi connectivity index (χ0) is 16.3. The van der Waals surface area contributed by atoms with Gasteiger partial charge in [-0.25, -0.2) is 0 Å². The highest BCUT2D eigenvalue weighted by molar-refractivity contribution is 9.11. The third-order valence-electron chi connectivity index (χ3n) is 2.72. The fourth-order valence-electron chi connectivity index (χ4n) is 1.70. The summed E-state index contributed by atoms with van der Waals surface area (Å²) in [5, 5.41) is 17.0. The Hall–Kier alpha value is -1.41. The summed E-state index contributed by atoms with van der Waals surface area (Å²) in [7, 11) is 0. The predicted molar refractivity (Wildman–Crippen MR) is 83.2 cm³/mol. The molecule has 0 atom stereocenters. The first-order valence-corrected chi connectivity index (χ1v) is 7.58. The fraction of sp³-hybridized carbons (Fsp3) is 0.143. The number of phenols is 1. The second kappa shape index (κ2) is 6.78. The number of hydrogen-bond donors (Lipinski definition) is 1. The molecular weight excluding hydrogens is 429 g/mol. The van der Waals surface area contributed by atoms with Crippen LogP contribution >= 0.6 is 31.9 Å². The minimum absolute atomic E-state index is 0.0445. The van der Waals surface area contributed by atoms with Gasteiger partial charge in [-0.05, 0) is 61.7 Å². The van der Waals surface area contributed by atoms with Crippen molar-refractivity contribution < 1.29 is 18.3 Å². The molecule has 1 N–H and O–H groups in total. The van der Waals surface area contributed by atoms with Crippen LogP contribution in [0, 0.1) is 0 Å². The van der Waals surface area contributed by atoms with E-state index in [1.807, 2.05) is 0 Å². The second-order valence-corrected chi connectivity index (χ2v) is 6.03. The van der Waals surface area contributed by atoms with Gasteiger partial charge in [0.25, 0.3) is 0 Å². The molecule has 0 radical (unpaired) electrons. The summed E-state index contributed by atoms with van der Waals surface area (Å²) in [6.07, 6.45) is -4.47. The molecule has 0 aliphatic rings. The lowest BCUT2D eigenvalue weighted by Gasteiger charge is -2.08. The molecule has 0 saturated carbocycles. The first kappa shape index (κ1) is 17.0. The van der Waals surface area contributed by atoms with E-state index in [0.717, 1.165) is 6.07 Å². The van der Waals surface area contributed by atoms with Crippen molar-refractivity contribution in [2.45, 2.75) is 12.7 Å². The molecule has 0 fully saturated rings. The highest BCUT2D eigenvalue weighted by Crippen LogP contribution is 2.36. The molecule has 2 aromatic rings. The number of benzene rings is 2. The molecule has 0 heterocycles. The van der Waals surface area contributed by atoms with Crippen LogP contribution in [0.4, 0.5) is 18.9 Å². The molecule has 0 aliphatic carbocycles. The standard InChI is InChI=1S/C14H9Br2F3N2O/c15-10-5-8(6-11(16)13(10)22)7-20-21-12-4-2-1-3-9(12)14(17,18)19/h1-6,22H,7H2. The van der Waals surface area contributed by atoms with Gasteiger partial charge in [-0.2, -0.15) is 23.4 Å². The lowest BCUT2D eigenvalue weighted by molar-refractivity contribution is -0.137. The van der Waals surface area contributed by atoms with Crippen LogP contribution in [0.15, 0.2) is 55.6 Å². The molecule has 0 saturated heterocycles. The van der Waals surface area contributed by atoms with E-state index in [9.17, 15) is 18.3 Å². The molecule has 0 aliphatic heterocycles. The van der Waals surface area contributed by atoms with Crippen molar-refractivity contribution in [1.29, 1.82) is 0 Å². The van der Waals surface area contributed by atoms with Crippen LogP contribution in [0.3, 0.4) is 0 Å². The average Bonchev–Trinajstić information content (AvgIpc) is 2.44. The third-order valence-corrected chi connectivity index (χ3v) is 3.93. The summed E-state index contributed by atoms with van der Waals surface area (Å²) in [5.74, 6) is 0.0445. The number of alkyl halides is 3. The van der Waals surface area contributed by atoms with E-state index in [1.54, 1.807) is 12.1 Å². The van der Waals surface area contributed by atoms with Crippen LogP contribution in [0.5, 0.6) is 5.75 Å². The van der Waals surface area contributed by atoms with Crippen LogP contribution in [-0.4, -0.2) is 5.11 Å². The van der Waals surface area contributed by atoms with Crippen LogP contribution in [0.25, 0.3) is 0 Å². The lowest BCUT2D eigenvalue weighted by Crippen LogP contribution is -2.04. The number of aromatic hydroxyl groups is 1. The van der Waals surface area contributed by atoms with Crippen molar-refractivity contribution in [1.82, 2.24) is 0 Å². The van der Waals surface area contributed by atoms with Crippen LogP contribution < -0.4 is 0 Å². The van der Waals surface area contributed by atoms with Gasteiger partial charge in [0.2, 0.25) is 0 Å². The summed E-state index contributed by atoms with van der Waals surface area (Å²) < 4.78 is 39.3. The van der Waals surface area contributed by atoms with E-state index in [0.29, 0.717) is 14.5 Å². The van der Waals surface area contributed by atoms with E-state index in [-0.39, 0.29) is 18.0 Å². The molecule has 116 valence electrons. The van der Waals surface area contributed by atoms with E-state index in [2.05, 4.69) is 42.1 Å². The van der Waals surface area contributed by atoms with Crippen molar-refractivity contribution in [3.8, 4) is 5.75 Å². The maximum atomic E-state index is 12.8. The van der Waals surface area contributed by atoms with E-state index in [1.165, 1.54) is 18.2 Å². The quantitative estimate of drug-likeness (QED) is 0.569. The first-order valence-electron chi connectivity index (χ1n) is 5.99. The SMILES string of the molecule is Oc1c(Br)cc(CN=Nc2ccccc2C(F)(F)F)cc1Br. The van der Waals surface area contributed by atoms with Gasteiger partial charge in [0.05, 0.1) is 26.7 Å². The van der Waals surface area contributed by atoms with E-state index < -0.39 is 11.7 Å². The molecule has 0 aromatic heterocycles. The van der Waals surface area contributed by atoms with E-state index in [4.69, 9.17) is 0 Å². The maximum absolute atomic E-state index is 12.8. The Morgan fingerprint density at radius 1 is 1.05 bits per heavy atom. The fourth-order valence-corrected chi connectivity index (χ4v) is 2.98. The van der Waals surface area contributed by atoms with Gasteiger partial charge in [-0.1, -0.05) is 12.1 Å². The highest BCUT2D eigenvalue weighted by atomic mass is 79.9. The minimum Gasteiger partial charge on any atom is -0.506 e. The summed E-state index contributed by atoms with van der Waals surface area (Å²) in [6.45, 7) is 0.0870. The number of halogens is 5. The summed E-state index contributed by atoms with van der Waals surface area (Å²) in [6, 6.07) is 8.23. The molecule has 3 nitrogen and oxygen atoms in total. The summed E-state index contributed by atoms with van der Waals surface area (Å²) in [5.41, 5.74) is -0.372. The van der Waals surface area contributed by atoms with Crippen LogP contribution in [-0.2, 0) is 12.7 Å². The van der Waals surface area contributed by atoms with Crippen molar-refractivity contribution in [3.63, 3.8) is 0 Å². The van der Waals surface area contributed by atoms with Crippen LogP contribution in [0.2, 0.25) is 0 Å². The van der Waals surface area contributed by atoms with Gasteiger partial charge in [0.1, 0.15) is 5.75 Å². The Morgan fingerprint density at radius 3 is 2.23 bits per heavy atom. The van der Waals surface area contributed by atoms with E-state index >= 15 is 0 Å². The Labute approximate surface area is 141 Å². The number of phenolic OH excluding ortho intramolecular Hbond substituents is 1. The molecule has 8 heteroatoms. The number of azo groups is 1. The minimum atomic E-state index is -4.47. The average molecular weight is 438 g/mol. The molecule has 0 amide bonds. The van der Waals surface area contributed by atoms with Crippen molar-refractivity contribution >= 4 is 37.5 Å². The predicted octanol–water partition coefficient (Wildman–Crippen LogP) is 6.22. The summed E-state index contributed by atoms with van der Waals surface area (Å²) in [4.78, 5) is 0. The maximum Gasteiger partial charge on any atom is 0.418 e. The van der Waals surface area contributed by atoms with Crippen molar-refractivity contribution in [2.75, 3.05) is 0 Å². The molecular formula is C14H9Br2F3N2O. The van der Waals surface area contributed by atoms with Gasteiger partial charge >= 0.3 is 6.18 Å². The van der Waals surface area contributed by atoms with Crippen molar-refractivity contribution in [2.24, 2.45) is 10.2 Å². The molecule has 22 heavy (non-hydrogen) atoms. The zero-order valence-corrected chi connectivity index (χ0v) is 14.1. The normalized spacial score (nSPS) is 12.0. The van der Waals surface area contributed by atoms with Crippen molar-refractivity contribution in [3.05, 3.63) is 56.5 Å². The molecule has 0 unspecified atom stereocenters. The molecule has 2 rings (SSSR count). The first-order chi connectivity index (χ1) is 10.3. The number of nitrogens with zero attached hydrogens (tertiary/aromatic N) is 2. The van der Waals surface area contributed by atoms with Crippen LogP contribution in [0.1, 0.15) is 11.1 Å². The van der Waals surface area contributed by atoms with Gasteiger partial charge in [-0.15, -0.1) is 0 Å². The second-order valence-electron chi connectivity index (χ2n) is 4.32. The summed E-state index contributed by atoms with van der Waals surface area (Å²) >= 11 is 6.34. The largest absolute Gasteiger partial charge is 0.506 e. The van der Waals surface area contributed by atoms with Gasteiger partial charge in [-0.3, -0.25) is 0 Å². The Kier molecular flexibility index (Phi) is 5.23. The molecule has 2 aromatic carbocycles. The number of rotatable bonds is 3. The Balaban J connectivity index is 2.21. The molecule has 0 spiro atoms. The topological polar surface area (TPSA) is 45.0 Å². The van der Waals surface area contributed by atoms with Gasteiger partial charge < -0.3 is 5.11 Å². The Morgan fingerprint density at radius 2 is 1.64 bits per heavy atom. The number of hydrogen-bond acceptors (Lipinski definition) is 3. The Bertz CT molecular complexity index is 694. The lowest BCUT2D eigenvalue weighted by atomic mass is 10.2.